The number of hydrogen-bond acceptors (Lipinski definition) is 3. The van der Waals surface area contributed by atoms with Crippen molar-refractivity contribution in [2.45, 2.75) is 66.7 Å². The van der Waals surface area contributed by atoms with E-state index in [0.29, 0.717) is 6.54 Å². The van der Waals surface area contributed by atoms with Crippen LogP contribution in [0.3, 0.4) is 0 Å². The Hall–Kier alpha value is -1.55. The maximum atomic E-state index is 11.7. The van der Waals surface area contributed by atoms with E-state index in [1.165, 1.54) is 22.3 Å². The fraction of sp³-hybridized carbons (Fsp3) is 0.611. The molecule has 0 aliphatic carbocycles. The van der Waals surface area contributed by atoms with Gasteiger partial charge >= 0.3 is 6.09 Å². The number of nitrogens with one attached hydrogen (secondary N) is 2. The minimum Gasteiger partial charge on any atom is -0.444 e. The average molecular weight is 306 g/mol. The Kier molecular flexibility index (Phi) is 6.42. The van der Waals surface area contributed by atoms with Crippen LogP contribution >= 0.6 is 0 Å². The van der Waals surface area contributed by atoms with Crippen molar-refractivity contribution in [1.29, 1.82) is 0 Å². The second kappa shape index (κ2) is 7.63. The van der Waals surface area contributed by atoms with Crippen LogP contribution in [0.15, 0.2) is 12.1 Å². The largest absolute Gasteiger partial charge is 0.444 e. The van der Waals surface area contributed by atoms with E-state index >= 15 is 0 Å². The maximum Gasteiger partial charge on any atom is 0.407 e. The molecule has 0 spiro atoms. The van der Waals surface area contributed by atoms with Gasteiger partial charge in [0.1, 0.15) is 5.60 Å². The first-order valence-electron chi connectivity index (χ1n) is 7.85. The summed E-state index contributed by atoms with van der Waals surface area (Å²) in [6, 6.07) is 4.46. The molecule has 0 bridgehead atoms. The van der Waals surface area contributed by atoms with Gasteiger partial charge in [0.2, 0.25) is 0 Å². The van der Waals surface area contributed by atoms with Gasteiger partial charge in [-0.1, -0.05) is 12.1 Å². The van der Waals surface area contributed by atoms with Gasteiger partial charge in [0.05, 0.1) is 0 Å². The highest BCUT2D eigenvalue weighted by molar-refractivity contribution is 5.68. The monoisotopic (exact) mass is 306 g/mol. The molecule has 1 unspecified atom stereocenters. The highest BCUT2D eigenvalue weighted by atomic mass is 16.6. The molecule has 4 heteroatoms. The minimum atomic E-state index is -0.465. The molecule has 0 heterocycles. The van der Waals surface area contributed by atoms with Gasteiger partial charge in [-0.25, -0.2) is 4.79 Å². The number of amides is 1. The molecule has 0 saturated heterocycles. The van der Waals surface area contributed by atoms with Gasteiger partial charge in [-0.05, 0) is 70.7 Å². The zero-order chi connectivity index (χ0) is 16.9. The second-order valence-corrected chi connectivity index (χ2v) is 7.04. The molecule has 1 amide bonds. The second-order valence-electron chi connectivity index (χ2n) is 7.04. The third kappa shape index (κ3) is 6.48. The van der Waals surface area contributed by atoms with Crippen LogP contribution in [0, 0.1) is 20.8 Å². The Morgan fingerprint density at radius 3 is 2.32 bits per heavy atom. The first-order valence-corrected chi connectivity index (χ1v) is 7.85. The van der Waals surface area contributed by atoms with E-state index in [1.54, 1.807) is 0 Å². The van der Waals surface area contributed by atoms with Crippen LogP contribution in [-0.4, -0.2) is 24.3 Å². The molecule has 4 nitrogen and oxygen atoms in total. The van der Waals surface area contributed by atoms with Gasteiger partial charge in [0, 0.05) is 19.1 Å². The Morgan fingerprint density at radius 1 is 1.14 bits per heavy atom. The Morgan fingerprint density at radius 2 is 1.73 bits per heavy atom. The molecule has 0 aromatic heterocycles. The normalized spacial score (nSPS) is 12.9. The van der Waals surface area contributed by atoms with E-state index in [2.05, 4.69) is 43.5 Å². The first kappa shape index (κ1) is 18.5. The van der Waals surface area contributed by atoms with Gasteiger partial charge in [-0.2, -0.15) is 0 Å². The van der Waals surface area contributed by atoms with E-state index in [-0.39, 0.29) is 12.1 Å². The van der Waals surface area contributed by atoms with Crippen LogP contribution in [0.5, 0.6) is 0 Å². The highest BCUT2D eigenvalue weighted by Gasteiger charge is 2.17. The van der Waals surface area contributed by atoms with Crippen molar-refractivity contribution in [3.63, 3.8) is 0 Å². The first-order chi connectivity index (χ1) is 10.1. The molecule has 0 radical (unpaired) electrons. The van der Waals surface area contributed by atoms with Crippen molar-refractivity contribution in [3.8, 4) is 0 Å². The van der Waals surface area contributed by atoms with Crippen molar-refractivity contribution < 1.29 is 9.53 Å². The topological polar surface area (TPSA) is 50.4 Å². The van der Waals surface area contributed by atoms with Crippen LogP contribution in [0.1, 0.15) is 49.9 Å². The molecule has 1 aromatic rings. The van der Waals surface area contributed by atoms with Crippen LogP contribution in [-0.2, 0) is 11.3 Å². The van der Waals surface area contributed by atoms with Crippen LogP contribution in [0.2, 0.25) is 0 Å². The van der Waals surface area contributed by atoms with Crippen LogP contribution < -0.4 is 10.6 Å². The predicted octanol–water partition coefficient (Wildman–Crippen LogP) is 3.61. The van der Waals surface area contributed by atoms with Crippen molar-refractivity contribution in [2.24, 2.45) is 0 Å². The zero-order valence-corrected chi connectivity index (χ0v) is 15.0. The molecule has 0 saturated carbocycles. The standard InChI is InChI=1S/C18H30N2O2/c1-12-8-14(3)16(9-13(12)2)11-19-10-15(4)20-17(21)22-18(5,6)7/h8-9,15,19H,10-11H2,1-7H3,(H,20,21). The molecule has 1 atom stereocenters. The molecule has 124 valence electrons. The summed E-state index contributed by atoms with van der Waals surface area (Å²) in [5.41, 5.74) is 4.76. The lowest BCUT2D eigenvalue weighted by atomic mass is 10.0. The summed E-state index contributed by atoms with van der Waals surface area (Å²) < 4.78 is 5.24. The lowest BCUT2D eigenvalue weighted by molar-refractivity contribution is 0.0508. The van der Waals surface area contributed by atoms with Gasteiger partial charge in [0.15, 0.2) is 0 Å². The van der Waals surface area contributed by atoms with Crippen molar-refractivity contribution in [3.05, 3.63) is 34.4 Å². The van der Waals surface area contributed by atoms with Gasteiger partial charge in [-0.3, -0.25) is 0 Å². The zero-order valence-electron chi connectivity index (χ0n) is 15.0. The number of alkyl carbamates (subject to hydrolysis) is 1. The lowest BCUT2D eigenvalue weighted by Gasteiger charge is -2.22. The maximum absolute atomic E-state index is 11.7. The molecule has 0 aliphatic heterocycles. The van der Waals surface area contributed by atoms with Gasteiger partial charge in [-0.15, -0.1) is 0 Å². The van der Waals surface area contributed by atoms with Gasteiger partial charge in [0.25, 0.3) is 0 Å². The molecule has 1 aromatic carbocycles. The third-order valence-electron chi connectivity index (χ3n) is 3.48. The molecular weight excluding hydrogens is 276 g/mol. The highest BCUT2D eigenvalue weighted by Crippen LogP contribution is 2.15. The number of benzene rings is 1. The lowest BCUT2D eigenvalue weighted by Crippen LogP contribution is -2.42. The van der Waals surface area contributed by atoms with Crippen molar-refractivity contribution in [1.82, 2.24) is 10.6 Å². The van der Waals surface area contributed by atoms with E-state index in [0.717, 1.165) is 6.54 Å². The van der Waals surface area contributed by atoms with E-state index in [9.17, 15) is 4.79 Å². The number of hydrogen-bond donors (Lipinski definition) is 2. The molecule has 2 N–H and O–H groups in total. The fourth-order valence-corrected chi connectivity index (χ4v) is 2.19. The van der Waals surface area contributed by atoms with Crippen molar-refractivity contribution in [2.75, 3.05) is 6.54 Å². The summed E-state index contributed by atoms with van der Waals surface area (Å²) in [5, 5.41) is 6.22. The molecule has 1 rings (SSSR count). The Bertz CT molecular complexity index is 519. The summed E-state index contributed by atoms with van der Waals surface area (Å²) >= 11 is 0. The average Bonchev–Trinajstić information content (AvgIpc) is 2.32. The molecule has 0 fully saturated rings. The predicted molar refractivity (Wildman–Crippen MR) is 91.2 cm³/mol. The number of aryl methyl sites for hydroxylation is 3. The number of rotatable bonds is 5. The van der Waals surface area contributed by atoms with Crippen LogP contribution in [0.25, 0.3) is 0 Å². The Balaban J connectivity index is 2.41. The SMILES string of the molecule is Cc1cc(C)c(CNCC(C)NC(=O)OC(C)(C)C)cc1C. The summed E-state index contributed by atoms with van der Waals surface area (Å²) in [6.07, 6.45) is -0.371. The quantitative estimate of drug-likeness (QED) is 0.873. The summed E-state index contributed by atoms with van der Waals surface area (Å²) in [7, 11) is 0. The molecular formula is C18H30N2O2. The van der Waals surface area contributed by atoms with E-state index in [4.69, 9.17) is 4.74 Å². The summed E-state index contributed by atoms with van der Waals surface area (Å²) in [6.45, 7) is 15.4. The van der Waals surface area contributed by atoms with Crippen LogP contribution in [0.4, 0.5) is 4.79 Å². The summed E-state index contributed by atoms with van der Waals surface area (Å²) in [5.74, 6) is 0. The minimum absolute atomic E-state index is 0.0155. The van der Waals surface area contributed by atoms with Gasteiger partial charge < -0.3 is 15.4 Å². The fourth-order valence-electron chi connectivity index (χ4n) is 2.19. The van der Waals surface area contributed by atoms with Crippen molar-refractivity contribution >= 4 is 6.09 Å². The molecule has 0 aliphatic rings. The van der Waals surface area contributed by atoms with E-state index < -0.39 is 5.60 Å². The van der Waals surface area contributed by atoms with E-state index in [1.807, 2.05) is 27.7 Å². The smallest absolute Gasteiger partial charge is 0.407 e. The number of carbonyl (C=O) groups is 1. The Labute approximate surface area is 134 Å². The number of ether oxygens (including phenoxy) is 1. The number of carbonyl (C=O) groups excluding carboxylic acids is 1. The summed E-state index contributed by atoms with van der Waals surface area (Å²) in [4.78, 5) is 11.7. The third-order valence-corrected chi connectivity index (χ3v) is 3.48. The molecule has 22 heavy (non-hydrogen) atoms.